The molecule has 11 nitrogen and oxygen atoms in total. The lowest BCUT2D eigenvalue weighted by Gasteiger charge is -2.47. The fourth-order valence-corrected chi connectivity index (χ4v) is 9.24. The Balaban J connectivity index is 1.64. The van der Waals surface area contributed by atoms with Crippen LogP contribution >= 0.6 is 0 Å². The van der Waals surface area contributed by atoms with Crippen LogP contribution in [0, 0.1) is 23.7 Å². The number of carbonyl (C=O) groups is 2. The van der Waals surface area contributed by atoms with E-state index in [0.29, 0.717) is 38.1 Å². The number of aliphatic hydroxyl groups excluding tert-OH is 1. The Labute approximate surface area is 304 Å². The highest BCUT2D eigenvalue weighted by atomic mass is 16.7. The summed E-state index contributed by atoms with van der Waals surface area (Å²) in [7, 11) is 3.90. The van der Waals surface area contributed by atoms with E-state index in [2.05, 4.69) is 20.8 Å². The van der Waals surface area contributed by atoms with Crippen molar-refractivity contribution in [3.05, 3.63) is 47.5 Å². The third kappa shape index (κ3) is 8.08. The van der Waals surface area contributed by atoms with E-state index in [1.807, 2.05) is 90.0 Å². The van der Waals surface area contributed by atoms with E-state index in [1.165, 1.54) is 0 Å². The molecule has 4 aliphatic heterocycles. The highest BCUT2D eigenvalue weighted by Gasteiger charge is 2.61. The van der Waals surface area contributed by atoms with Gasteiger partial charge in [-0.3, -0.25) is 9.89 Å². The van der Waals surface area contributed by atoms with Crippen molar-refractivity contribution in [2.24, 2.45) is 28.7 Å². The van der Waals surface area contributed by atoms with Crippen LogP contribution < -0.4 is 0 Å². The second kappa shape index (κ2) is 15.6. The Hall–Kier alpha value is -2.83. The topological polar surface area (TPSA) is 119 Å². The molecule has 0 saturated carbocycles. The van der Waals surface area contributed by atoms with Gasteiger partial charge in [0.1, 0.15) is 12.2 Å². The van der Waals surface area contributed by atoms with Gasteiger partial charge in [-0.25, -0.2) is 9.59 Å². The first-order chi connectivity index (χ1) is 24.0. The standard InChI is InChI=1S/C40H61N3O8/c1-23(2)34-40(9)33-28(7)31(41-17-18-43(33)38(46)51-40)26(5)21-39(8,47-22-29-15-13-12-14-16-29)35(24(3)19-25(4)36(45)49-34)50-37-32(44)30(42(10)11)20-27(6)48-37/h12-16,19,23-24,26-28,30,32-35,37,44H,17-18,20-22H2,1-11H3/b25-19+/t24-,26+,27-,28-,30+,32?,33+,34+,35+,37+,39-,40-/m0/s1. The molecular weight excluding hydrogens is 650 g/mol. The maximum Gasteiger partial charge on any atom is 0.410 e. The quantitative estimate of drug-likeness (QED) is 0.359. The molecule has 1 unspecified atom stereocenters. The molecule has 1 amide bonds. The van der Waals surface area contributed by atoms with Gasteiger partial charge in [0.25, 0.3) is 0 Å². The molecule has 5 rings (SSSR count). The molecule has 4 heterocycles. The fourth-order valence-electron chi connectivity index (χ4n) is 9.24. The fraction of sp³-hybridized carbons (Fsp3) is 0.725. The van der Waals surface area contributed by atoms with E-state index in [0.717, 1.165) is 11.3 Å². The van der Waals surface area contributed by atoms with Crippen LogP contribution in [0.5, 0.6) is 0 Å². The van der Waals surface area contributed by atoms with Gasteiger partial charge in [-0.1, -0.05) is 71.0 Å². The van der Waals surface area contributed by atoms with Gasteiger partial charge in [-0.15, -0.1) is 0 Å². The minimum Gasteiger partial charge on any atom is -0.454 e. The van der Waals surface area contributed by atoms with Crippen molar-refractivity contribution < 1.29 is 38.4 Å². The largest absolute Gasteiger partial charge is 0.454 e. The molecule has 11 heteroatoms. The predicted octanol–water partition coefficient (Wildman–Crippen LogP) is 5.63. The molecule has 4 aliphatic rings. The second-order valence-electron chi connectivity index (χ2n) is 16.4. The Morgan fingerprint density at radius 1 is 1.10 bits per heavy atom. The highest BCUT2D eigenvalue weighted by Crippen LogP contribution is 2.44. The zero-order valence-electron chi connectivity index (χ0n) is 32.5. The summed E-state index contributed by atoms with van der Waals surface area (Å²) in [6.07, 6.45) is -0.729. The maximum absolute atomic E-state index is 14.0. The van der Waals surface area contributed by atoms with E-state index in [-0.39, 0.29) is 35.8 Å². The minimum absolute atomic E-state index is 0.0994. The summed E-state index contributed by atoms with van der Waals surface area (Å²) in [5, 5.41) is 11.6. The summed E-state index contributed by atoms with van der Waals surface area (Å²) in [5.74, 6) is -1.32. The van der Waals surface area contributed by atoms with Crippen LogP contribution in [-0.4, -0.2) is 114 Å². The molecule has 2 saturated heterocycles. The molecular formula is C40H61N3O8. The van der Waals surface area contributed by atoms with E-state index in [9.17, 15) is 14.7 Å². The molecule has 12 atom stereocenters. The van der Waals surface area contributed by atoms with Gasteiger partial charge in [0.2, 0.25) is 0 Å². The summed E-state index contributed by atoms with van der Waals surface area (Å²) in [5.41, 5.74) is 0.310. The third-order valence-corrected chi connectivity index (χ3v) is 11.5. The lowest BCUT2D eigenvalue weighted by Crippen LogP contribution is -2.59. The monoisotopic (exact) mass is 711 g/mol. The zero-order chi connectivity index (χ0) is 37.4. The summed E-state index contributed by atoms with van der Waals surface area (Å²) < 4.78 is 32.8. The molecule has 0 spiro atoms. The van der Waals surface area contributed by atoms with Crippen LogP contribution in [0.15, 0.2) is 47.0 Å². The van der Waals surface area contributed by atoms with Crippen molar-refractivity contribution in [2.75, 3.05) is 27.2 Å². The van der Waals surface area contributed by atoms with Crippen LogP contribution in [0.3, 0.4) is 0 Å². The number of rotatable bonds is 7. The van der Waals surface area contributed by atoms with Gasteiger partial charge in [0, 0.05) is 35.7 Å². The average Bonchev–Trinajstić information content (AvgIpc) is 3.19. The van der Waals surface area contributed by atoms with Crippen molar-refractivity contribution in [2.45, 2.75) is 136 Å². The maximum atomic E-state index is 14.0. The number of nitrogens with zero attached hydrogens (tertiary/aromatic N) is 3. The van der Waals surface area contributed by atoms with E-state index in [4.69, 9.17) is 28.7 Å². The summed E-state index contributed by atoms with van der Waals surface area (Å²) in [4.78, 5) is 36.4. The number of aliphatic imine (C=N–C) groups is 1. The number of hydrogen-bond acceptors (Lipinski definition) is 10. The van der Waals surface area contributed by atoms with Crippen LogP contribution in [-0.2, 0) is 35.1 Å². The molecule has 2 fully saturated rings. The predicted molar refractivity (Wildman–Crippen MR) is 195 cm³/mol. The molecule has 0 radical (unpaired) electrons. The van der Waals surface area contributed by atoms with Gasteiger partial charge >= 0.3 is 12.1 Å². The first kappa shape index (κ1) is 39.4. The van der Waals surface area contributed by atoms with E-state index in [1.54, 1.807) is 11.8 Å². The third-order valence-electron chi connectivity index (χ3n) is 11.5. The molecule has 284 valence electrons. The van der Waals surface area contributed by atoms with Gasteiger partial charge in [-0.05, 0) is 72.0 Å². The molecule has 1 aromatic rings. The van der Waals surface area contributed by atoms with Gasteiger partial charge < -0.3 is 33.7 Å². The van der Waals surface area contributed by atoms with Gasteiger partial charge in [0.15, 0.2) is 11.9 Å². The number of ether oxygens (including phenoxy) is 5. The molecule has 1 N–H and O–H groups in total. The Morgan fingerprint density at radius 3 is 2.43 bits per heavy atom. The van der Waals surface area contributed by atoms with Crippen molar-refractivity contribution in [3.63, 3.8) is 0 Å². The van der Waals surface area contributed by atoms with Crippen LogP contribution in [0.25, 0.3) is 0 Å². The number of likely N-dealkylation sites (N-methyl/N-ethyl adjacent to an activating group) is 1. The van der Waals surface area contributed by atoms with Crippen molar-refractivity contribution in [3.8, 4) is 0 Å². The molecule has 51 heavy (non-hydrogen) atoms. The Morgan fingerprint density at radius 2 is 1.78 bits per heavy atom. The van der Waals surface area contributed by atoms with Crippen molar-refractivity contribution in [1.29, 1.82) is 0 Å². The number of esters is 1. The normalized spacial score (nSPS) is 40.5. The number of hydrogen-bond donors (Lipinski definition) is 1. The first-order valence-electron chi connectivity index (χ1n) is 18.7. The second-order valence-corrected chi connectivity index (χ2v) is 16.4. The van der Waals surface area contributed by atoms with Gasteiger partial charge in [0.05, 0.1) is 37.0 Å². The number of amides is 1. The van der Waals surface area contributed by atoms with Crippen LogP contribution in [0.1, 0.15) is 80.7 Å². The Bertz CT molecular complexity index is 1450. The molecule has 1 aromatic carbocycles. The first-order valence-corrected chi connectivity index (χ1v) is 18.7. The van der Waals surface area contributed by atoms with Crippen LogP contribution in [0.4, 0.5) is 4.79 Å². The summed E-state index contributed by atoms with van der Waals surface area (Å²) in [6.45, 7) is 19.1. The van der Waals surface area contributed by atoms with Crippen molar-refractivity contribution >= 4 is 17.8 Å². The number of carbonyl (C=O) groups excluding carboxylic acids is 2. The molecule has 0 aromatic heterocycles. The highest BCUT2D eigenvalue weighted by molar-refractivity contribution is 5.91. The minimum atomic E-state index is -1.10. The molecule has 0 aliphatic carbocycles. The average molecular weight is 712 g/mol. The van der Waals surface area contributed by atoms with Crippen molar-refractivity contribution in [1.82, 2.24) is 9.80 Å². The lowest BCUT2D eigenvalue weighted by molar-refractivity contribution is -0.297. The Kier molecular flexibility index (Phi) is 12.1. The van der Waals surface area contributed by atoms with Crippen LogP contribution in [0.2, 0.25) is 0 Å². The number of aliphatic hydroxyl groups is 1. The summed E-state index contributed by atoms with van der Waals surface area (Å²) >= 11 is 0. The summed E-state index contributed by atoms with van der Waals surface area (Å²) in [6, 6.07) is 9.44. The zero-order valence-corrected chi connectivity index (χ0v) is 32.5. The number of fused-ring (bicyclic) bond motifs is 1. The SMILES string of the molecule is C/C1=C\[C@H](C)[C@@H](O[C@H]2O[C@@H](C)C[C@@H](N(C)C)C2O)[C@@](C)(OCc2ccccc2)C[C@@H](C)C2=NCCN3C(=O)O[C@](C)([C@@H](C(C)C)OC1=O)[C@H]3[C@H]2C. The lowest BCUT2D eigenvalue weighted by atomic mass is 9.73. The number of cyclic esters (lactones) is 1. The smallest absolute Gasteiger partial charge is 0.410 e. The van der Waals surface area contributed by atoms with E-state index >= 15 is 0 Å². The van der Waals surface area contributed by atoms with Gasteiger partial charge in [-0.2, -0.15) is 0 Å². The molecule has 2 bridgehead atoms. The van der Waals surface area contributed by atoms with E-state index < -0.39 is 53.9 Å². The number of benzene rings is 1.